The van der Waals surface area contributed by atoms with E-state index in [2.05, 4.69) is 31.1 Å². The van der Waals surface area contributed by atoms with Crippen LogP contribution in [0, 0.1) is 0 Å². The number of rotatable bonds is 4. The average molecular weight is 288 g/mol. The highest BCUT2D eigenvalue weighted by Gasteiger charge is 2.19. The zero-order valence-electron chi connectivity index (χ0n) is 11.0. The van der Waals surface area contributed by atoms with Crippen molar-refractivity contribution < 1.29 is 0 Å². The predicted molar refractivity (Wildman–Crippen MR) is 72.2 cm³/mol. The Balaban J connectivity index is 1.88. The molecule has 9 heteroatoms. The van der Waals surface area contributed by atoms with Crippen molar-refractivity contribution in [3.05, 3.63) is 36.2 Å². The molecule has 0 fully saturated rings. The summed E-state index contributed by atoms with van der Waals surface area (Å²) in [6.45, 7) is 2.02. The maximum absolute atomic E-state index is 4.11. The van der Waals surface area contributed by atoms with Crippen LogP contribution in [0.15, 0.2) is 35.5 Å². The van der Waals surface area contributed by atoms with Gasteiger partial charge in [-0.15, -0.1) is 10.2 Å². The second-order valence-corrected chi connectivity index (χ2v) is 5.44. The van der Waals surface area contributed by atoms with Crippen molar-refractivity contribution >= 4 is 11.8 Å². The minimum Gasteiger partial charge on any atom is -0.224 e. The minimum atomic E-state index is 0.0231. The zero-order chi connectivity index (χ0) is 13.9. The topological polar surface area (TPSA) is 87.2 Å². The fraction of sp³-hybridized carbons (Fsp3) is 0.273. The van der Waals surface area contributed by atoms with Gasteiger partial charge in [-0.2, -0.15) is 4.68 Å². The first-order valence-corrected chi connectivity index (χ1v) is 6.86. The van der Waals surface area contributed by atoms with Crippen LogP contribution < -0.4 is 0 Å². The molecule has 20 heavy (non-hydrogen) atoms. The van der Waals surface area contributed by atoms with Crippen molar-refractivity contribution in [2.75, 3.05) is 0 Å². The Morgan fingerprint density at radius 2 is 1.80 bits per heavy atom. The number of hydrogen-bond donors (Lipinski definition) is 0. The molecule has 0 saturated heterocycles. The molecular weight excluding hydrogens is 276 g/mol. The van der Waals surface area contributed by atoms with Gasteiger partial charge in [-0.25, -0.2) is 4.68 Å². The quantitative estimate of drug-likeness (QED) is 0.663. The number of thioether (sulfide) groups is 1. The number of hydrogen-bond acceptors (Lipinski definition) is 7. The molecule has 8 nitrogen and oxygen atoms in total. The summed E-state index contributed by atoms with van der Waals surface area (Å²) in [5, 5.41) is 24.0. The number of tetrazole rings is 2. The van der Waals surface area contributed by atoms with E-state index in [0.29, 0.717) is 0 Å². The van der Waals surface area contributed by atoms with E-state index in [1.165, 1.54) is 11.8 Å². The van der Waals surface area contributed by atoms with Gasteiger partial charge in [-0.1, -0.05) is 30.0 Å². The highest BCUT2D eigenvalue weighted by molar-refractivity contribution is 7.99. The molecule has 0 unspecified atom stereocenters. The standard InChI is InChI=1S/C11H12N8S/c1-8(20-11-13-15-16-18(11)2)10-12-14-17-19(10)9-6-4-3-5-7-9/h3-8H,1-2H3/t8-/m1/s1. The molecule has 0 bridgehead atoms. The maximum Gasteiger partial charge on any atom is 0.209 e. The summed E-state index contributed by atoms with van der Waals surface area (Å²) in [4.78, 5) is 0. The van der Waals surface area contributed by atoms with Crippen molar-refractivity contribution in [2.24, 2.45) is 7.05 Å². The first kappa shape index (κ1) is 12.7. The number of benzene rings is 1. The molecule has 0 aliphatic rings. The van der Waals surface area contributed by atoms with Gasteiger partial charge in [0.15, 0.2) is 5.82 Å². The van der Waals surface area contributed by atoms with E-state index in [1.54, 1.807) is 16.4 Å². The van der Waals surface area contributed by atoms with Gasteiger partial charge in [0.25, 0.3) is 0 Å². The molecule has 0 radical (unpaired) electrons. The summed E-state index contributed by atoms with van der Waals surface area (Å²) in [6, 6.07) is 9.77. The summed E-state index contributed by atoms with van der Waals surface area (Å²) in [6.07, 6.45) is 0. The van der Waals surface area contributed by atoms with Gasteiger partial charge in [-0.3, -0.25) is 0 Å². The lowest BCUT2D eigenvalue weighted by Crippen LogP contribution is -2.05. The van der Waals surface area contributed by atoms with Gasteiger partial charge >= 0.3 is 0 Å². The second-order valence-electron chi connectivity index (χ2n) is 4.13. The Morgan fingerprint density at radius 3 is 2.50 bits per heavy atom. The molecule has 102 valence electrons. The van der Waals surface area contributed by atoms with Gasteiger partial charge < -0.3 is 0 Å². The lowest BCUT2D eigenvalue weighted by atomic mass is 10.3. The smallest absolute Gasteiger partial charge is 0.209 e. The summed E-state index contributed by atoms with van der Waals surface area (Å²) in [7, 11) is 1.80. The lowest BCUT2D eigenvalue weighted by Gasteiger charge is -2.09. The molecule has 0 N–H and O–H groups in total. The van der Waals surface area contributed by atoms with Crippen molar-refractivity contribution in [3.8, 4) is 5.69 Å². The monoisotopic (exact) mass is 288 g/mol. The largest absolute Gasteiger partial charge is 0.224 e. The fourth-order valence-electron chi connectivity index (χ4n) is 1.73. The lowest BCUT2D eigenvalue weighted by molar-refractivity contribution is 0.662. The molecule has 0 saturated carbocycles. The first-order valence-electron chi connectivity index (χ1n) is 5.98. The van der Waals surface area contributed by atoms with Gasteiger partial charge in [-0.05, 0) is 39.9 Å². The Morgan fingerprint density at radius 1 is 1.05 bits per heavy atom. The molecule has 0 spiro atoms. The normalized spacial score (nSPS) is 12.5. The molecular formula is C11H12N8S. The van der Waals surface area contributed by atoms with Gasteiger partial charge in [0.2, 0.25) is 5.16 Å². The van der Waals surface area contributed by atoms with E-state index in [0.717, 1.165) is 16.7 Å². The zero-order valence-corrected chi connectivity index (χ0v) is 11.8. The summed E-state index contributed by atoms with van der Waals surface area (Å²) in [5.74, 6) is 0.754. The minimum absolute atomic E-state index is 0.0231. The Bertz CT molecular complexity index is 691. The number of para-hydroxylation sites is 1. The molecule has 3 aromatic rings. The molecule has 2 aromatic heterocycles. The Labute approximate surface area is 119 Å². The number of nitrogens with zero attached hydrogens (tertiary/aromatic N) is 8. The molecule has 0 aliphatic carbocycles. The van der Waals surface area contributed by atoms with E-state index in [-0.39, 0.29) is 5.25 Å². The summed E-state index contributed by atoms with van der Waals surface area (Å²) >= 11 is 1.51. The third-order valence-corrected chi connectivity index (χ3v) is 3.84. The van der Waals surface area contributed by atoms with Crippen LogP contribution in [0.1, 0.15) is 18.0 Å². The molecule has 1 aromatic carbocycles. The van der Waals surface area contributed by atoms with Crippen LogP contribution in [0.2, 0.25) is 0 Å². The van der Waals surface area contributed by atoms with Gasteiger partial charge in [0.05, 0.1) is 10.9 Å². The van der Waals surface area contributed by atoms with E-state index in [4.69, 9.17) is 0 Å². The van der Waals surface area contributed by atoms with Crippen LogP contribution in [0.3, 0.4) is 0 Å². The van der Waals surface area contributed by atoms with Crippen molar-refractivity contribution in [2.45, 2.75) is 17.3 Å². The highest BCUT2D eigenvalue weighted by Crippen LogP contribution is 2.32. The predicted octanol–water partition coefficient (Wildman–Crippen LogP) is 1.04. The van der Waals surface area contributed by atoms with Crippen LogP contribution in [0.5, 0.6) is 0 Å². The van der Waals surface area contributed by atoms with E-state index in [9.17, 15) is 0 Å². The second kappa shape index (κ2) is 5.37. The van der Waals surface area contributed by atoms with Gasteiger partial charge in [0, 0.05) is 7.05 Å². The third-order valence-electron chi connectivity index (χ3n) is 2.72. The van der Waals surface area contributed by atoms with Crippen LogP contribution in [0.4, 0.5) is 0 Å². The van der Waals surface area contributed by atoms with Crippen molar-refractivity contribution in [3.63, 3.8) is 0 Å². The maximum atomic E-state index is 4.11. The van der Waals surface area contributed by atoms with Crippen molar-refractivity contribution in [1.29, 1.82) is 0 Å². The number of aromatic nitrogens is 8. The van der Waals surface area contributed by atoms with E-state index >= 15 is 0 Å². The highest BCUT2D eigenvalue weighted by atomic mass is 32.2. The molecule has 3 rings (SSSR count). The average Bonchev–Trinajstić information content (AvgIpc) is 3.09. The van der Waals surface area contributed by atoms with Crippen LogP contribution in [0.25, 0.3) is 5.69 Å². The van der Waals surface area contributed by atoms with Gasteiger partial charge in [0.1, 0.15) is 0 Å². The van der Waals surface area contributed by atoms with Crippen LogP contribution in [-0.2, 0) is 7.05 Å². The molecule has 0 aliphatic heterocycles. The summed E-state index contributed by atoms with van der Waals surface area (Å²) < 4.78 is 3.35. The van der Waals surface area contributed by atoms with E-state index in [1.807, 2.05) is 37.3 Å². The Kier molecular flexibility index (Phi) is 3.42. The molecule has 1 atom stereocenters. The van der Waals surface area contributed by atoms with Crippen molar-refractivity contribution in [1.82, 2.24) is 40.4 Å². The number of aryl methyl sites for hydroxylation is 1. The van der Waals surface area contributed by atoms with Crippen LogP contribution >= 0.6 is 11.8 Å². The molecule has 2 heterocycles. The third kappa shape index (κ3) is 2.39. The SMILES string of the molecule is C[C@@H](Sc1nnnn1C)c1nnnn1-c1ccccc1. The van der Waals surface area contributed by atoms with E-state index < -0.39 is 0 Å². The summed E-state index contributed by atoms with van der Waals surface area (Å²) in [5.41, 5.74) is 0.927. The fourth-order valence-corrected chi connectivity index (χ4v) is 2.57. The Hall–Kier alpha value is -2.29. The molecule has 0 amide bonds. The van der Waals surface area contributed by atoms with Crippen LogP contribution in [-0.4, -0.2) is 40.4 Å². The first-order chi connectivity index (χ1) is 9.75.